The van der Waals surface area contributed by atoms with E-state index in [1.807, 2.05) is 66.7 Å². The van der Waals surface area contributed by atoms with Crippen molar-refractivity contribution in [2.24, 2.45) is 10.9 Å². The molecule has 3 N–H and O–H groups in total. The average Bonchev–Trinajstić information content (AvgIpc) is 2.78. The zero-order valence-corrected chi connectivity index (χ0v) is 17.1. The fourth-order valence-electron chi connectivity index (χ4n) is 3.06. The molecule has 0 amide bonds. The number of hydrogen-bond donors (Lipinski definition) is 2. The van der Waals surface area contributed by atoms with Crippen LogP contribution in [0, 0.1) is 0 Å². The number of aromatic nitrogens is 2. The van der Waals surface area contributed by atoms with Crippen LogP contribution in [0.2, 0.25) is 10.0 Å². The highest BCUT2D eigenvalue weighted by Crippen LogP contribution is 2.33. The van der Waals surface area contributed by atoms with Gasteiger partial charge in [0, 0.05) is 16.1 Å². The lowest BCUT2D eigenvalue weighted by Crippen LogP contribution is -2.13. The summed E-state index contributed by atoms with van der Waals surface area (Å²) in [6.45, 7) is 0. The van der Waals surface area contributed by atoms with Gasteiger partial charge < -0.3 is 10.9 Å². The second-order valence-electron chi connectivity index (χ2n) is 6.46. The van der Waals surface area contributed by atoms with Gasteiger partial charge in [0.25, 0.3) is 0 Å². The van der Waals surface area contributed by atoms with Gasteiger partial charge in [-0.2, -0.15) is 5.10 Å². The summed E-state index contributed by atoms with van der Waals surface area (Å²) in [6.07, 6.45) is 0. The van der Waals surface area contributed by atoms with E-state index in [0.717, 1.165) is 11.1 Å². The summed E-state index contributed by atoms with van der Waals surface area (Å²) in [5.74, 6) is 5.74. The van der Waals surface area contributed by atoms with E-state index in [9.17, 15) is 5.11 Å². The van der Waals surface area contributed by atoms with Crippen molar-refractivity contribution in [1.82, 2.24) is 9.97 Å². The first-order chi connectivity index (χ1) is 14.6. The van der Waals surface area contributed by atoms with Gasteiger partial charge in [0.05, 0.1) is 22.0 Å². The summed E-state index contributed by atoms with van der Waals surface area (Å²) in [5, 5.41) is 14.7. The molecule has 3 aromatic carbocycles. The van der Waals surface area contributed by atoms with Gasteiger partial charge in [-0.25, -0.2) is 9.97 Å². The summed E-state index contributed by atoms with van der Waals surface area (Å²) in [7, 11) is 0. The fourth-order valence-corrected chi connectivity index (χ4v) is 3.55. The summed E-state index contributed by atoms with van der Waals surface area (Å²) in [6, 6.07) is 24.3. The van der Waals surface area contributed by atoms with Gasteiger partial charge in [0.15, 0.2) is 5.82 Å². The van der Waals surface area contributed by atoms with E-state index < -0.39 is 0 Å². The smallest absolute Gasteiger partial charge is 0.181 e. The van der Waals surface area contributed by atoms with Crippen LogP contribution in [0.1, 0.15) is 11.4 Å². The van der Waals surface area contributed by atoms with Crippen molar-refractivity contribution in [1.29, 1.82) is 0 Å². The minimum Gasteiger partial charge on any atom is -0.506 e. The van der Waals surface area contributed by atoms with E-state index >= 15 is 0 Å². The van der Waals surface area contributed by atoms with Gasteiger partial charge in [-0.05, 0) is 18.2 Å². The van der Waals surface area contributed by atoms with Gasteiger partial charge in [-0.1, -0.05) is 83.9 Å². The number of aromatic hydroxyl groups is 1. The van der Waals surface area contributed by atoms with Crippen molar-refractivity contribution in [3.63, 3.8) is 0 Å². The number of hydrogen-bond acceptors (Lipinski definition) is 5. The molecule has 1 aromatic heterocycles. The number of nitrogens with two attached hydrogens (primary N) is 1. The maximum atomic E-state index is 10.5. The normalized spacial score (nSPS) is 11.5. The molecule has 1 heterocycles. The Kier molecular flexibility index (Phi) is 5.65. The monoisotopic (exact) mass is 434 g/mol. The predicted molar refractivity (Wildman–Crippen MR) is 121 cm³/mol. The van der Waals surface area contributed by atoms with E-state index in [1.54, 1.807) is 0 Å². The maximum absolute atomic E-state index is 10.5. The highest BCUT2D eigenvalue weighted by atomic mass is 35.5. The van der Waals surface area contributed by atoms with Crippen LogP contribution in [0.25, 0.3) is 22.5 Å². The molecule has 0 spiro atoms. The third-order valence-electron chi connectivity index (χ3n) is 4.49. The first kappa shape index (κ1) is 19.9. The predicted octanol–water partition coefficient (Wildman–Crippen LogP) is 5.53. The van der Waals surface area contributed by atoms with Crippen LogP contribution >= 0.6 is 23.2 Å². The molecule has 0 aliphatic rings. The molecule has 5 nitrogen and oxygen atoms in total. The Balaban J connectivity index is 1.95. The lowest BCUT2D eigenvalue weighted by Gasteiger charge is -2.12. The molecule has 0 radical (unpaired) electrons. The molecule has 0 bridgehead atoms. The SMILES string of the molecule is N/N=C(/c1nc(-c2ccccc2)cc(-c2ccccc2)n1)c1cc(Cl)cc(Cl)c1O. The van der Waals surface area contributed by atoms with E-state index in [2.05, 4.69) is 15.1 Å². The second kappa shape index (κ2) is 8.53. The highest BCUT2D eigenvalue weighted by Gasteiger charge is 2.20. The highest BCUT2D eigenvalue weighted by molar-refractivity contribution is 6.36. The van der Waals surface area contributed by atoms with Crippen molar-refractivity contribution in [3.8, 4) is 28.3 Å². The van der Waals surface area contributed by atoms with Crippen LogP contribution in [0.4, 0.5) is 0 Å². The molecule has 0 aliphatic heterocycles. The average molecular weight is 435 g/mol. The van der Waals surface area contributed by atoms with Crippen molar-refractivity contribution >= 4 is 28.9 Å². The molecule has 30 heavy (non-hydrogen) atoms. The Morgan fingerprint density at radius 1 is 0.800 bits per heavy atom. The fraction of sp³-hybridized carbons (Fsp3) is 0. The minimum atomic E-state index is -0.194. The summed E-state index contributed by atoms with van der Waals surface area (Å²) < 4.78 is 0. The van der Waals surface area contributed by atoms with Crippen molar-refractivity contribution in [3.05, 3.63) is 100 Å². The number of rotatable bonds is 4. The van der Waals surface area contributed by atoms with Crippen LogP contribution in [-0.2, 0) is 0 Å². The Bertz CT molecular complexity index is 1170. The standard InChI is InChI=1S/C23H16Cl2N4O/c24-16-11-17(22(30)18(25)12-16)21(29-26)23-27-19(14-7-3-1-4-8-14)13-20(28-23)15-9-5-2-6-10-15/h1-13,30H,26H2/b29-21+. The molecule has 0 fully saturated rings. The van der Waals surface area contributed by atoms with Crippen LogP contribution in [0.15, 0.2) is 84.0 Å². The topological polar surface area (TPSA) is 84.4 Å². The van der Waals surface area contributed by atoms with Crippen LogP contribution in [-0.4, -0.2) is 20.8 Å². The third-order valence-corrected chi connectivity index (χ3v) is 5.00. The summed E-state index contributed by atoms with van der Waals surface area (Å²) in [5.41, 5.74) is 3.61. The Hall–Kier alpha value is -3.41. The third kappa shape index (κ3) is 3.99. The molecular weight excluding hydrogens is 419 g/mol. The summed E-state index contributed by atoms with van der Waals surface area (Å²) in [4.78, 5) is 9.32. The molecule has 0 atom stereocenters. The number of halogens is 2. The van der Waals surface area contributed by atoms with E-state index in [1.165, 1.54) is 12.1 Å². The first-order valence-corrected chi connectivity index (χ1v) is 9.79. The molecule has 0 unspecified atom stereocenters. The van der Waals surface area contributed by atoms with Gasteiger partial charge in [0.2, 0.25) is 0 Å². The van der Waals surface area contributed by atoms with Gasteiger partial charge >= 0.3 is 0 Å². The maximum Gasteiger partial charge on any atom is 0.181 e. The number of phenolic OH excluding ortho intramolecular Hbond substituents is 1. The number of benzene rings is 3. The zero-order chi connectivity index (χ0) is 21.1. The van der Waals surface area contributed by atoms with Gasteiger partial charge in [-0.3, -0.25) is 0 Å². The van der Waals surface area contributed by atoms with E-state index in [0.29, 0.717) is 16.4 Å². The largest absolute Gasteiger partial charge is 0.506 e. The minimum absolute atomic E-state index is 0.0844. The molecule has 7 heteroatoms. The van der Waals surface area contributed by atoms with Crippen LogP contribution in [0.3, 0.4) is 0 Å². The van der Waals surface area contributed by atoms with Crippen molar-refractivity contribution in [2.75, 3.05) is 0 Å². The number of phenols is 1. The Labute approximate surface area is 183 Å². The Morgan fingerprint density at radius 2 is 1.33 bits per heavy atom. The first-order valence-electron chi connectivity index (χ1n) is 9.03. The lowest BCUT2D eigenvalue weighted by molar-refractivity contribution is 0.474. The number of hydrazone groups is 1. The Morgan fingerprint density at radius 3 is 1.83 bits per heavy atom. The number of nitrogens with zero attached hydrogens (tertiary/aromatic N) is 3. The van der Waals surface area contributed by atoms with Crippen molar-refractivity contribution < 1.29 is 5.11 Å². The van der Waals surface area contributed by atoms with Gasteiger partial charge in [-0.15, -0.1) is 0 Å². The van der Waals surface area contributed by atoms with E-state index in [-0.39, 0.29) is 27.9 Å². The molecule has 4 rings (SSSR count). The second-order valence-corrected chi connectivity index (χ2v) is 7.30. The molecule has 0 saturated carbocycles. The van der Waals surface area contributed by atoms with Crippen molar-refractivity contribution in [2.45, 2.75) is 0 Å². The molecule has 148 valence electrons. The zero-order valence-electron chi connectivity index (χ0n) is 15.6. The van der Waals surface area contributed by atoms with Crippen LogP contribution in [0.5, 0.6) is 5.75 Å². The van der Waals surface area contributed by atoms with Crippen LogP contribution < -0.4 is 5.84 Å². The lowest BCUT2D eigenvalue weighted by atomic mass is 10.0. The quantitative estimate of drug-likeness (QED) is 0.251. The van der Waals surface area contributed by atoms with E-state index in [4.69, 9.17) is 29.0 Å². The summed E-state index contributed by atoms with van der Waals surface area (Å²) >= 11 is 12.2. The molecule has 0 saturated heterocycles. The molecule has 0 aliphatic carbocycles. The molecule has 4 aromatic rings. The van der Waals surface area contributed by atoms with Gasteiger partial charge in [0.1, 0.15) is 11.5 Å². The molecular formula is C23H16Cl2N4O.